The molecule has 0 atom stereocenters. The van der Waals surface area contributed by atoms with Crippen LogP contribution in [-0.4, -0.2) is 14.3 Å². The molecule has 1 aliphatic heterocycles. The number of amides is 1. The van der Waals surface area contributed by atoms with Crippen molar-refractivity contribution < 1.29 is 13.2 Å². The molecule has 0 unspecified atom stereocenters. The Labute approximate surface area is 134 Å². The average molecular weight is 387 g/mol. The summed E-state index contributed by atoms with van der Waals surface area (Å²) in [5, 5.41) is 4.43. The summed E-state index contributed by atoms with van der Waals surface area (Å²) in [5.74, 6) is -0.133. The van der Waals surface area contributed by atoms with Crippen molar-refractivity contribution in [1.29, 1.82) is 0 Å². The topological polar surface area (TPSA) is 75.3 Å². The van der Waals surface area contributed by atoms with Crippen LogP contribution in [0.2, 0.25) is 0 Å². The van der Waals surface area contributed by atoms with Crippen LogP contribution in [0.25, 0.3) is 0 Å². The zero-order valence-corrected chi connectivity index (χ0v) is 14.2. The molecule has 110 valence electrons. The minimum absolute atomic E-state index is 0.133. The number of anilines is 2. The predicted octanol–water partition coefficient (Wildman–Crippen LogP) is 3.11. The van der Waals surface area contributed by atoms with E-state index in [1.165, 1.54) is 0 Å². The van der Waals surface area contributed by atoms with Crippen molar-refractivity contribution in [3.8, 4) is 0 Å². The highest BCUT2D eigenvalue weighted by molar-refractivity contribution is 9.10. The molecule has 0 saturated carbocycles. The third-order valence-electron chi connectivity index (χ3n) is 3.19. The Kier molecular flexibility index (Phi) is 3.54. The lowest BCUT2D eigenvalue weighted by molar-refractivity contribution is -0.115. The van der Waals surface area contributed by atoms with Crippen LogP contribution in [0.1, 0.15) is 11.1 Å². The molecule has 0 saturated heterocycles. The molecule has 1 amide bonds. The van der Waals surface area contributed by atoms with Gasteiger partial charge in [0.2, 0.25) is 5.91 Å². The largest absolute Gasteiger partial charge is 0.324 e. The summed E-state index contributed by atoms with van der Waals surface area (Å²) in [6.07, 6.45) is 0.272. The van der Waals surface area contributed by atoms with Crippen LogP contribution in [0.15, 0.2) is 32.3 Å². The second-order valence-electron chi connectivity index (χ2n) is 4.67. The molecule has 8 heteroatoms. The van der Waals surface area contributed by atoms with E-state index >= 15 is 0 Å². The van der Waals surface area contributed by atoms with Crippen molar-refractivity contribution in [3.05, 3.63) is 39.2 Å². The first-order chi connectivity index (χ1) is 9.88. The van der Waals surface area contributed by atoms with Crippen molar-refractivity contribution in [3.63, 3.8) is 0 Å². The Morgan fingerprint density at radius 1 is 1.38 bits per heavy atom. The van der Waals surface area contributed by atoms with Crippen LogP contribution in [0.5, 0.6) is 0 Å². The molecule has 2 aromatic rings. The van der Waals surface area contributed by atoms with Gasteiger partial charge in [-0.1, -0.05) is 12.1 Å². The molecule has 0 aliphatic carbocycles. The number of hydrogen-bond donors (Lipinski definition) is 2. The van der Waals surface area contributed by atoms with E-state index in [1.54, 1.807) is 30.5 Å². The number of fused-ring (bicyclic) bond motifs is 1. The lowest BCUT2D eigenvalue weighted by Gasteiger charge is -2.11. The quantitative estimate of drug-likeness (QED) is 0.850. The first-order valence-electron chi connectivity index (χ1n) is 6.06. The monoisotopic (exact) mass is 386 g/mol. The standard InChI is InChI=1S/C13H11BrN2O3S2/c1-7-9(14)6-20-13(7)21(18,19)16-10-4-2-3-8-5-11(17)15-12(8)10/h2-4,6,16H,5H2,1H3,(H,15,17). The van der Waals surface area contributed by atoms with E-state index in [0.29, 0.717) is 16.9 Å². The predicted molar refractivity (Wildman–Crippen MR) is 86.3 cm³/mol. The lowest BCUT2D eigenvalue weighted by atomic mass is 10.1. The maximum Gasteiger partial charge on any atom is 0.271 e. The van der Waals surface area contributed by atoms with Gasteiger partial charge in [0, 0.05) is 9.85 Å². The van der Waals surface area contributed by atoms with Crippen molar-refractivity contribution >= 4 is 54.6 Å². The van der Waals surface area contributed by atoms with Gasteiger partial charge in [-0.15, -0.1) is 11.3 Å². The zero-order valence-electron chi connectivity index (χ0n) is 10.9. The lowest BCUT2D eigenvalue weighted by Crippen LogP contribution is -2.14. The van der Waals surface area contributed by atoms with E-state index < -0.39 is 10.0 Å². The van der Waals surface area contributed by atoms with Gasteiger partial charge in [-0.3, -0.25) is 9.52 Å². The normalized spacial score (nSPS) is 13.9. The number of nitrogens with one attached hydrogen (secondary N) is 2. The molecule has 5 nitrogen and oxygen atoms in total. The van der Waals surface area contributed by atoms with E-state index in [-0.39, 0.29) is 16.5 Å². The fraction of sp³-hybridized carbons (Fsp3) is 0.154. The molecule has 2 heterocycles. The van der Waals surface area contributed by atoms with Crippen molar-refractivity contribution in [2.24, 2.45) is 0 Å². The number of thiophene rings is 1. The Bertz CT molecular complexity index is 843. The van der Waals surface area contributed by atoms with Gasteiger partial charge in [0.05, 0.1) is 17.8 Å². The fourth-order valence-electron chi connectivity index (χ4n) is 2.17. The van der Waals surface area contributed by atoms with Crippen LogP contribution in [0, 0.1) is 6.92 Å². The number of rotatable bonds is 3. The summed E-state index contributed by atoms with van der Waals surface area (Å²) in [5.41, 5.74) is 2.40. The summed E-state index contributed by atoms with van der Waals surface area (Å²) in [4.78, 5) is 11.5. The first-order valence-corrected chi connectivity index (χ1v) is 9.22. The molecule has 0 radical (unpaired) electrons. The van der Waals surface area contributed by atoms with Crippen LogP contribution < -0.4 is 10.0 Å². The second-order valence-corrected chi connectivity index (χ2v) is 8.28. The average Bonchev–Trinajstić information content (AvgIpc) is 2.94. The van der Waals surface area contributed by atoms with Gasteiger partial charge in [0.1, 0.15) is 4.21 Å². The van der Waals surface area contributed by atoms with E-state index in [4.69, 9.17) is 0 Å². The van der Waals surface area contributed by atoms with Crippen LogP contribution in [0.3, 0.4) is 0 Å². The third-order valence-corrected chi connectivity index (χ3v) is 7.42. The molecule has 0 spiro atoms. The number of halogens is 1. The van der Waals surface area contributed by atoms with Gasteiger partial charge < -0.3 is 5.32 Å². The third kappa shape index (κ3) is 2.58. The summed E-state index contributed by atoms with van der Waals surface area (Å²) in [6, 6.07) is 5.17. The van der Waals surface area contributed by atoms with Gasteiger partial charge in [-0.2, -0.15) is 0 Å². The molecular weight excluding hydrogens is 376 g/mol. The van der Waals surface area contributed by atoms with Gasteiger partial charge in [-0.25, -0.2) is 8.42 Å². The van der Waals surface area contributed by atoms with E-state index in [9.17, 15) is 13.2 Å². The van der Waals surface area contributed by atoms with Gasteiger partial charge in [0.25, 0.3) is 10.0 Å². The number of sulfonamides is 1. The second kappa shape index (κ2) is 5.11. The number of carbonyl (C=O) groups is 1. The first kappa shape index (κ1) is 14.6. The van der Waals surface area contributed by atoms with Crippen LogP contribution in [-0.2, 0) is 21.2 Å². The number of benzene rings is 1. The zero-order chi connectivity index (χ0) is 15.2. The SMILES string of the molecule is Cc1c(Br)csc1S(=O)(=O)Nc1cccc2c1NC(=O)C2. The smallest absolute Gasteiger partial charge is 0.271 e. The highest BCUT2D eigenvalue weighted by atomic mass is 79.9. The summed E-state index contributed by atoms with van der Waals surface area (Å²) in [6.45, 7) is 1.74. The van der Waals surface area contributed by atoms with Gasteiger partial charge in [0.15, 0.2) is 0 Å². The van der Waals surface area contributed by atoms with Crippen molar-refractivity contribution in [2.75, 3.05) is 10.0 Å². The fourth-order valence-corrected chi connectivity index (χ4v) is 5.43. The molecule has 1 aromatic heterocycles. The Hall–Kier alpha value is -1.38. The number of carbonyl (C=O) groups excluding carboxylic acids is 1. The highest BCUT2D eigenvalue weighted by Crippen LogP contribution is 2.35. The van der Waals surface area contributed by atoms with Crippen molar-refractivity contribution in [2.45, 2.75) is 17.6 Å². The Morgan fingerprint density at radius 3 is 2.81 bits per heavy atom. The molecule has 1 aliphatic rings. The minimum atomic E-state index is -3.68. The van der Waals surface area contributed by atoms with E-state index in [1.807, 2.05) is 0 Å². The number of para-hydroxylation sites is 1. The Morgan fingerprint density at radius 2 is 2.14 bits per heavy atom. The summed E-state index contributed by atoms with van der Waals surface area (Å²) >= 11 is 4.46. The van der Waals surface area contributed by atoms with Crippen LogP contribution >= 0.6 is 27.3 Å². The van der Waals surface area contributed by atoms with Gasteiger partial charge >= 0.3 is 0 Å². The molecule has 3 rings (SSSR count). The maximum absolute atomic E-state index is 12.5. The summed E-state index contributed by atoms with van der Waals surface area (Å²) < 4.78 is 28.5. The molecule has 21 heavy (non-hydrogen) atoms. The molecule has 0 bridgehead atoms. The van der Waals surface area contributed by atoms with E-state index in [0.717, 1.165) is 21.4 Å². The minimum Gasteiger partial charge on any atom is -0.324 e. The van der Waals surface area contributed by atoms with E-state index in [2.05, 4.69) is 26.0 Å². The molecule has 2 N–H and O–H groups in total. The summed E-state index contributed by atoms with van der Waals surface area (Å²) in [7, 11) is -3.68. The maximum atomic E-state index is 12.5. The number of hydrogen-bond acceptors (Lipinski definition) is 4. The van der Waals surface area contributed by atoms with Crippen molar-refractivity contribution in [1.82, 2.24) is 0 Å². The molecule has 1 aromatic carbocycles. The highest BCUT2D eigenvalue weighted by Gasteiger charge is 2.25. The molecule has 0 fully saturated rings. The molecular formula is C13H11BrN2O3S2. The van der Waals surface area contributed by atoms with Gasteiger partial charge in [-0.05, 0) is 40.0 Å². The Balaban J connectivity index is 2.00. The van der Waals surface area contributed by atoms with Crippen LogP contribution in [0.4, 0.5) is 11.4 Å².